The molecule has 2 N–H and O–H groups in total. The van der Waals surface area contributed by atoms with Crippen LogP contribution < -0.4 is 10.1 Å². The summed E-state index contributed by atoms with van der Waals surface area (Å²) in [5.74, 6) is 1.04. The Morgan fingerprint density at radius 1 is 1.18 bits per heavy atom. The fraction of sp³-hybridized carbons (Fsp3) is 0.667. The number of para-hydroxylation sites is 1. The minimum absolute atomic E-state index is 0.0223. The first-order valence-corrected chi connectivity index (χ1v) is 8.44. The maximum atomic E-state index is 9.62. The van der Waals surface area contributed by atoms with Gasteiger partial charge in [0.05, 0.1) is 25.2 Å². The van der Waals surface area contributed by atoms with Crippen LogP contribution in [-0.2, 0) is 4.74 Å². The van der Waals surface area contributed by atoms with Crippen molar-refractivity contribution in [3.63, 3.8) is 0 Å². The Hall–Kier alpha value is -1.10. The molecule has 0 bridgehead atoms. The SMILES string of the molecule is OCC1(CNC2CC3(CCCC3)Oc3ccccc32)COC1. The molecule has 2 aliphatic heterocycles. The van der Waals surface area contributed by atoms with Gasteiger partial charge < -0.3 is 19.9 Å². The van der Waals surface area contributed by atoms with Gasteiger partial charge >= 0.3 is 0 Å². The fourth-order valence-corrected chi connectivity index (χ4v) is 4.11. The summed E-state index contributed by atoms with van der Waals surface area (Å²) in [7, 11) is 0. The molecule has 1 aromatic rings. The van der Waals surface area contributed by atoms with Gasteiger partial charge in [-0.1, -0.05) is 18.2 Å². The van der Waals surface area contributed by atoms with Crippen LogP contribution in [0.3, 0.4) is 0 Å². The molecule has 3 aliphatic rings. The van der Waals surface area contributed by atoms with E-state index >= 15 is 0 Å². The van der Waals surface area contributed by atoms with Crippen molar-refractivity contribution in [3.05, 3.63) is 29.8 Å². The molecule has 1 atom stereocenters. The summed E-state index contributed by atoms with van der Waals surface area (Å²) in [6, 6.07) is 8.71. The predicted molar refractivity (Wildman–Crippen MR) is 84.0 cm³/mol. The number of aliphatic hydroxyl groups excluding tert-OH is 1. The standard InChI is InChI=1S/C18H25NO3/c20-11-17(12-21-13-17)10-19-15-9-18(7-3-4-8-18)22-16-6-2-1-5-14(15)16/h1-2,5-6,15,19-20H,3-4,7-13H2. The van der Waals surface area contributed by atoms with Crippen LogP contribution in [0.4, 0.5) is 0 Å². The Morgan fingerprint density at radius 2 is 1.95 bits per heavy atom. The summed E-state index contributed by atoms with van der Waals surface area (Å²) < 4.78 is 11.7. The fourth-order valence-electron chi connectivity index (χ4n) is 4.11. The van der Waals surface area contributed by atoms with Crippen molar-refractivity contribution in [1.29, 1.82) is 0 Å². The quantitative estimate of drug-likeness (QED) is 0.897. The smallest absolute Gasteiger partial charge is 0.124 e. The Kier molecular flexibility index (Phi) is 3.63. The molecule has 1 saturated carbocycles. The van der Waals surface area contributed by atoms with Crippen LogP contribution in [0.15, 0.2) is 24.3 Å². The van der Waals surface area contributed by atoms with E-state index < -0.39 is 0 Å². The molecule has 120 valence electrons. The summed E-state index contributed by atoms with van der Waals surface area (Å²) in [4.78, 5) is 0. The Bertz CT molecular complexity index is 529. The van der Waals surface area contributed by atoms with Gasteiger partial charge in [0.1, 0.15) is 11.4 Å². The highest BCUT2D eigenvalue weighted by Gasteiger charge is 2.44. The molecule has 4 rings (SSSR count). The van der Waals surface area contributed by atoms with Crippen molar-refractivity contribution in [2.75, 3.05) is 26.4 Å². The van der Waals surface area contributed by atoms with Crippen LogP contribution in [0.25, 0.3) is 0 Å². The third kappa shape index (κ3) is 2.43. The minimum atomic E-state index is -0.0872. The molecule has 4 heteroatoms. The number of rotatable bonds is 4. The van der Waals surface area contributed by atoms with E-state index in [0.29, 0.717) is 19.3 Å². The van der Waals surface area contributed by atoms with Crippen LogP contribution in [0.5, 0.6) is 5.75 Å². The summed E-state index contributed by atoms with van der Waals surface area (Å²) in [6.45, 7) is 2.31. The van der Waals surface area contributed by atoms with Crippen molar-refractivity contribution < 1.29 is 14.6 Å². The van der Waals surface area contributed by atoms with E-state index in [1.54, 1.807) is 0 Å². The van der Waals surface area contributed by atoms with Crippen LogP contribution in [0, 0.1) is 5.41 Å². The maximum absolute atomic E-state index is 9.62. The minimum Gasteiger partial charge on any atom is -0.487 e. The summed E-state index contributed by atoms with van der Waals surface area (Å²) >= 11 is 0. The van der Waals surface area contributed by atoms with Gasteiger partial charge in [-0.15, -0.1) is 0 Å². The number of benzene rings is 1. The lowest BCUT2D eigenvalue weighted by atomic mass is 9.83. The average molecular weight is 303 g/mol. The van der Waals surface area contributed by atoms with E-state index in [1.165, 1.54) is 18.4 Å². The lowest BCUT2D eigenvalue weighted by Gasteiger charge is -2.44. The zero-order valence-corrected chi connectivity index (χ0v) is 13.0. The molecule has 4 nitrogen and oxygen atoms in total. The normalized spacial score (nSPS) is 28.0. The third-order valence-corrected chi connectivity index (χ3v) is 5.59. The van der Waals surface area contributed by atoms with Gasteiger partial charge in [0, 0.05) is 24.6 Å². The molecule has 1 saturated heterocycles. The molecule has 2 fully saturated rings. The van der Waals surface area contributed by atoms with Crippen molar-refractivity contribution in [3.8, 4) is 5.75 Å². The molecule has 1 spiro atoms. The van der Waals surface area contributed by atoms with E-state index in [4.69, 9.17) is 9.47 Å². The first-order valence-electron chi connectivity index (χ1n) is 8.44. The molecule has 0 amide bonds. The molecule has 2 heterocycles. The summed E-state index contributed by atoms with van der Waals surface area (Å²) in [5.41, 5.74) is 1.19. The second-order valence-corrected chi connectivity index (χ2v) is 7.32. The van der Waals surface area contributed by atoms with Crippen molar-refractivity contribution in [2.24, 2.45) is 5.41 Å². The third-order valence-electron chi connectivity index (χ3n) is 5.59. The maximum Gasteiger partial charge on any atom is 0.124 e. The zero-order valence-electron chi connectivity index (χ0n) is 13.0. The molecule has 0 aromatic heterocycles. The van der Waals surface area contributed by atoms with E-state index in [-0.39, 0.29) is 17.6 Å². The summed E-state index contributed by atoms with van der Waals surface area (Å²) in [6.07, 6.45) is 5.89. The highest BCUT2D eigenvalue weighted by molar-refractivity contribution is 5.39. The van der Waals surface area contributed by atoms with E-state index in [9.17, 15) is 5.11 Å². The van der Waals surface area contributed by atoms with Crippen LogP contribution in [-0.4, -0.2) is 37.1 Å². The van der Waals surface area contributed by atoms with E-state index in [0.717, 1.165) is 31.6 Å². The first-order chi connectivity index (χ1) is 10.7. The predicted octanol–water partition coefficient (Wildman–Crippen LogP) is 2.42. The van der Waals surface area contributed by atoms with Gasteiger partial charge in [-0.25, -0.2) is 0 Å². The van der Waals surface area contributed by atoms with E-state index in [1.807, 2.05) is 0 Å². The van der Waals surface area contributed by atoms with Gasteiger partial charge in [-0.2, -0.15) is 0 Å². The number of aliphatic hydroxyl groups is 1. The monoisotopic (exact) mass is 303 g/mol. The number of ether oxygens (including phenoxy) is 2. The van der Waals surface area contributed by atoms with Crippen molar-refractivity contribution in [1.82, 2.24) is 5.32 Å². The second-order valence-electron chi connectivity index (χ2n) is 7.32. The second kappa shape index (κ2) is 5.52. The molecule has 1 aliphatic carbocycles. The first kappa shape index (κ1) is 14.5. The number of hydrogen-bond acceptors (Lipinski definition) is 4. The van der Waals surface area contributed by atoms with Crippen LogP contribution in [0.2, 0.25) is 0 Å². The molecule has 0 radical (unpaired) electrons. The Balaban J connectivity index is 1.54. The molecule has 1 aromatic carbocycles. The number of nitrogens with one attached hydrogen (secondary N) is 1. The van der Waals surface area contributed by atoms with Gasteiger partial charge in [0.15, 0.2) is 0 Å². The van der Waals surface area contributed by atoms with Gasteiger partial charge in [-0.3, -0.25) is 0 Å². The zero-order chi connectivity index (χ0) is 15.0. The topological polar surface area (TPSA) is 50.7 Å². The average Bonchev–Trinajstić information content (AvgIpc) is 2.94. The number of hydrogen-bond donors (Lipinski definition) is 2. The number of fused-ring (bicyclic) bond motifs is 1. The van der Waals surface area contributed by atoms with Crippen LogP contribution >= 0.6 is 0 Å². The molecule has 22 heavy (non-hydrogen) atoms. The molecular weight excluding hydrogens is 278 g/mol. The highest BCUT2D eigenvalue weighted by atomic mass is 16.5. The Morgan fingerprint density at radius 3 is 2.64 bits per heavy atom. The van der Waals surface area contributed by atoms with Gasteiger partial charge in [0.2, 0.25) is 0 Å². The lowest BCUT2D eigenvalue weighted by molar-refractivity contribution is -0.136. The summed E-state index contributed by atoms with van der Waals surface area (Å²) in [5, 5.41) is 13.3. The van der Waals surface area contributed by atoms with Gasteiger partial charge in [-0.05, 0) is 31.7 Å². The Labute approximate surface area is 131 Å². The van der Waals surface area contributed by atoms with Crippen molar-refractivity contribution >= 4 is 0 Å². The molecular formula is C18H25NO3. The van der Waals surface area contributed by atoms with Crippen LogP contribution in [0.1, 0.15) is 43.7 Å². The lowest BCUT2D eigenvalue weighted by Crippen LogP contribution is -2.53. The van der Waals surface area contributed by atoms with E-state index in [2.05, 4.69) is 29.6 Å². The van der Waals surface area contributed by atoms with Crippen molar-refractivity contribution in [2.45, 2.75) is 43.7 Å². The van der Waals surface area contributed by atoms with Gasteiger partial charge in [0.25, 0.3) is 0 Å². The largest absolute Gasteiger partial charge is 0.487 e. The molecule has 1 unspecified atom stereocenters. The highest BCUT2D eigenvalue weighted by Crippen LogP contribution is 2.47.